The molecule has 2 aromatic heterocycles. The molecule has 2 aromatic rings. The van der Waals surface area contributed by atoms with E-state index in [0.29, 0.717) is 17.1 Å². The number of nitrogens with zero attached hydrogens (tertiary/aromatic N) is 3. The molecular formula is C12H12FN3O. The van der Waals surface area contributed by atoms with Crippen LogP contribution in [0.5, 0.6) is 5.88 Å². The summed E-state index contributed by atoms with van der Waals surface area (Å²) in [4.78, 5) is 3.81. The van der Waals surface area contributed by atoms with Gasteiger partial charge in [0.15, 0.2) is 5.82 Å². The highest BCUT2D eigenvalue weighted by atomic mass is 19.1. The summed E-state index contributed by atoms with van der Waals surface area (Å²) in [6.07, 6.45) is 3.29. The van der Waals surface area contributed by atoms with Crippen molar-refractivity contribution in [2.45, 2.75) is 19.4 Å². The fourth-order valence-corrected chi connectivity index (χ4v) is 2.12. The summed E-state index contributed by atoms with van der Waals surface area (Å²) in [6, 6.07) is 3.51. The molecule has 0 bridgehead atoms. The van der Waals surface area contributed by atoms with E-state index >= 15 is 0 Å². The van der Waals surface area contributed by atoms with Crippen LogP contribution in [-0.2, 0) is 13.0 Å². The molecule has 1 aliphatic rings. The molecule has 0 unspecified atom stereocenters. The first-order chi connectivity index (χ1) is 8.28. The van der Waals surface area contributed by atoms with Crippen molar-refractivity contribution in [1.82, 2.24) is 14.8 Å². The Hall–Kier alpha value is -1.91. The highest BCUT2D eigenvalue weighted by Gasteiger charge is 2.17. The normalized spacial score (nSPS) is 13.8. The van der Waals surface area contributed by atoms with Crippen molar-refractivity contribution >= 4 is 0 Å². The van der Waals surface area contributed by atoms with Gasteiger partial charge in [-0.25, -0.2) is 9.37 Å². The predicted molar refractivity (Wildman–Crippen MR) is 60.3 cm³/mol. The largest absolute Gasteiger partial charge is 0.481 e. The van der Waals surface area contributed by atoms with Crippen molar-refractivity contribution in [3.8, 4) is 17.1 Å². The minimum Gasteiger partial charge on any atom is -0.481 e. The number of hydrogen-bond donors (Lipinski definition) is 0. The molecule has 0 saturated heterocycles. The van der Waals surface area contributed by atoms with Crippen LogP contribution in [0.3, 0.4) is 0 Å². The molecule has 0 fully saturated rings. The van der Waals surface area contributed by atoms with E-state index < -0.39 is 0 Å². The molecule has 0 N–H and O–H groups in total. The molecular weight excluding hydrogens is 221 g/mol. The third kappa shape index (κ3) is 1.67. The Labute approximate surface area is 98.0 Å². The molecule has 0 aliphatic carbocycles. The fraction of sp³-hybridized carbons (Fsp3) is 0.333. The summed E-state index contributed by atoms with van der Waals surface area (Å²) < 4.78 is 20.6. The first-order valence-corrected chi connectivity index (χ1v) is 5.54. The first kappa shape index (κ1) is 10.3. The number of halogens is 1. The number of fused-ring (bicyclic) bond motifs is 1. The van der Waals surface area contributed by atoms with E-state index in [2.05, 4.69) is 10.1 Å². The van der Waals surface area contributed by atoms with Crippen molar-refractivity contribution < 1.29 is 9.13 Å². The second-order valence-electron chi connectivity index (χ2n) is 4.05. The van der Waals surface area contributed by atoms with E-state index in [9.17, 15) is 4.39 Å². The Balaban J connectivity index is 2.07. The molecule has 1 aliphatic heterocycles. The average Bonchev–Trinajstić information content (AvgIpc) is 2.90. The highest BCUT2D eigenvalue weighted by Crippen LogP contribution is 2.27. The van der Waals surface area contributed by atoms with E-state index in [1.807, 2.05) is 10.7 Å². The first-order valence-electron chi connectivity index (χ1n) is 5.54. The molecule has 0 atom stereocenters. The lowest BCUT2D eigenvalue weighted by atomic mass is 10.1. The number of ether oxygens (including phenoxy) is 1. The minimum absolute atomic E-state index is 0.373. The molecule has 3 rings (SSSR count). The molecule has 3 heterocycles. The maximum Gasteiger partial charge on any atom is 0.213 e. The average molecular weight is 233 g/mol. The van der Waals surface area contributed by atoms with E-state index in [1.54, 1.807) is 6.07 Å². The van der Waals surface area contributed by atoms with E-state index in [1.165, 1.54) is 13.3 Å². The summed E-state index contributed by atoms with van der Waals surface area (Å²) in [7, 11) is 1.51. The quantitative estimate of drug-likeness (QED) is 0.796. The van der Waals surface area contributed by atoms with Gasteiger partial charge in [0.25, 0.3) is 0 Å². The molecule has 0 spiro atoms. The third-order valence-electron chi connectivity index (χ3n) is 2.98. The number of aryl methyl sites for hydroxylation is 2. The van der Waals surface area contributed by atoms with Gasteiger partial charge >= 0.3 is 0 Å². The summed E-state index contributed by atoms with van der Waals surface area (Å²) >= 11 is 0. The predicted octanol–water partition coefficient (Wildman–Crippen LogP) is 2.04. The smallest absolute Gasteiger partial charge is 0.213 e. The van der Waals surface area contributed by atoms with Crippen LogP contribution in [0.4, 0.5) is 4.39 Å². The van der Waals surface area contributed by atoms with Gasteiger partial charge in [-0.3, -0.25) is 4.68 Å². The van der Waals surface area contributed by atoms with Crippen molar-refractivity contribution in [2.24, 2.45) is 0 Å². The zero-order chi connectivity index (χ0) is 11.8. The SMILES string of the molecule is COc1cc(-c2cc3n(n2)CCC3)c(F)cn1. The highest BCUT2D eigenvalue weighted by molar-refractivity contribution is 5.61. The Morgan fingerprint density at radius 3 is 3.06 bits per heavy atom. The molecule has 5 heteroatoms. The number of rotatable bonds is 2. The number of methoxy groups -OCH3 is 1. The molecule has 4 nitrogen and oxygen atoms in total. The lowest BCUT2D eigenvalue weighted by Gasteiger charge is -2.02. The monoisotopic (exact) mass is 233 g/mol. The maximum absolute atomic E-state index is 13.7. The molecule has 0 aromatic carbocycles. The number of hydrogen-bond acceptors (Lipinski definition) is 3. The topological polar surface area (TPSA) is 39.9 Å². The van der Waals surface area contributed by atoms with Crippen LogP contribution in [0.15, 0.2) is 18.3 Å². The van der Waals surface area contributed by atoms with Crippen LogP contribution < -0.4 is 4.74 Å². The van der Waals surface area contributed by atoms with Gasteiger partial charge in [-0.1, -0.05) is 0 Å². The molecule has 0 radical (unpaired) electrons. The van der Waals surface area contributed by atoms with Crippen molar-refractivity contribution in [3.63, 3.8) is 0 Å². The zero-order valence-corrected chi connectivity index (χ0v) is 9.48. The standard InChI is InChI=1S/C12H12FN3O/c1-17-12-6-9(10(13)7-14-12)11-5-8-3-2-4-16(8)15-11/h5-7H,2-4H2,1H3. The zero-order valence-electron chi connectivity index (χ0n) is 9.48. The van der Waals surface area contributed by atoms with Gasteiger partial charge in [0.1, 0.15) is 0 Å². The van der Waals surface area contributed by atoms with E-state index in [4.69, 9.17) is 4.74 Å². The van der Waals surface area contributed by atoms with Gasteiger partial charge in [0.2, 0.25) is 5.88 Å². The van der Waals surface area contributed by atoms with Gasteiger partial charge in [-0.15, -0.1) is 0 Å². The Bertz CT molecular complexity index is 543. The number of aromatic nitrogens is 3. The van der Waals surface area contributed by atoms with Crippen molar-refractivity contribution in [1.29, 1.82) is 0 Å². The summed E-state index contributed by atoms with van der Waals surface area (Å²) in [6.45, 7) is 0.916. The van der Waals surface area contributed by atoms with Gasteiger partial charge in [0, 0.05) is 23.9 Å². The summed E-state index contributed by atoms with van der Waals surface area (Å²) in [5, 5.41) is 4.39. The van der Waals surface area contributed by atoms with Crippen LogP contribution in [0, 0.1) is 5.82 Å². The Kier molecular flexibility index (Phi) is 2.31. The van der Waals surface area contributed by atoms with Crippen molar-refractivity contribution in [3.05, 3.63) is 29.8 Å². The number of pyridine rings is 1. The fourth-order valence-electron chi connectivity index (χ4n) is 2.12. The maximum atomic E-state index is 13.7. The summed E-state index contributed by atoms with van der Waals surface area (Å²) in [5.74, 6) is 0.0251. The van der Waals surface area contributed by atoms with Gasteiger partial charge in [-0.05, 0) is 18.9 Å². The minimum atomic E-state index is -0.373. The van der Waals surface area contributed by atoms with Crippen LogP contribution in [0.1, 0.15) is 12.1 Å². The molecule has 88 valence electrons. The van der Waals surface area contributed by atoms with Crippen LogP contribution >= 0.6 is 0 Å². The van der Waals surface area contributed by atoms with Gasteiger partial charge in [-0.2, -0.15) is 5.10 Å². The van der Waals surface area contributed by atoms with Crippen LogP contribution in [-0.4, -0.2) is 21.9 Å². The Morgan fingerprint density at radius 2 is 2.29 bits per heavy atom. The van der Waals surface area contributed by atoms with E-state index in [-0.39, 0.29) is 5.82 Å². The van der Waals surface area contributed by atoms with Gasteiger partial charge < -0.3 is 4.74 Å². The second-order valence-corrected chi connectivity index (χ2v) is 4.05. The van der Waals surface area contributed by atoms with Crippen molar-refractivity contribution in [2.75, 3.05) is 7.11 Å². The Morgan fingerprint density at radius 1 is 1.41 bits per heavy atom. The van der Waals surface area contributed by atoms with E-state index in [0.717, 1.165) is 25.1 Å². The summed E-state index contributed by atoms with van der Waals surface area (Å²) in [5.41, 5.74) is 2.26. The molecule has 17 heavy (non-hydrogen) atoms. The lowest BCUT2D eigenvalue weighted by Crippen LogP contribution is -1.96. The third-order valence-corrected chi connectivity index (χ3v) is 2.98. The van der Waals surface area contributed by atoms with Crippen LogP contribution in [0.2, 0.25) is 0 Å². The van der Waals surface area contributed by atoms with Gasteiger partial charge in [0.05, 0.1) is 19.0 Å². The molecule has 0 amide bonds. The molecule has 0 saturated carbocycles. The van der Waals surface area contributed by atoms with Crippen LogP contribution in [0.25, 0.3) is 11.3 Å². The lowest BCUT2D eigenvalue weighted by molar-refractivity contribution is 0.396. The second kappa shape index (κ2) is 3.84.